The number of anilines is 3. The predicted octanol–water partition coefficient (Wildman–Crippen LogP) is 5.92. The molecule has 1 aliphatic rings. The Morgan fingerprint density at radius 1 is 1.15 bits per heavy atom. The maximum absolute atomic E-state index is 14.9. The molecule has 0 aliphatic carbocycles. The van der Waals surface area contributed by atoms with Gasteiger partial charge in [-0.25, -0.2) is 14.1 Å². The highest BCUT2D eigenvalue weighted by Crippen LogP contribution is 2.31. The van der Waals surface area contributed by atoms with Crippen molar-refractivity contribution in [2.75, 3.05) is 22.1 Å². The molecule has 0 atom stereocenters. The number of hydrogen-bond donors (Lipinski definition) is 3. The summed E-state index contributed by atoms with van der Waals surface area (Å²) in [4.78, 5) is 38.7. The van der Waals surface area contributed by atoms with E-state index in [1.54, 1.807) is 30.3 Å². The highest BCUT2D eigenvalue weighted by Gasteiger charge is 2.33. The van der Waals surface area contributed by atoms with Crippen molar-refractivity contribution < 1.29 is 18.8 Å². The Kier molecular flexibility index (Phi) is 7.40. The lowest BCUT2D eigenvalue weighted by Crippen LogP contribution is -2.43. The molecule has 0 unspecified atom stereocenters. The monoisotopic (exact) mass is 518 g/mol. The Labute approximate surface area is 208 Å². The van der Waals surface area contributed by atoms with Crippen molar-refractivity contribution in [3.8, 4) is 0 Å². The summed E-state index contributed by atoms with van der Waals surface area (Å²) in [6.45, 7) is 2.82. The van der Waals surface area contributed by atoms with Crippen LogP contribution in [0.3, 0.4) is 0 Å². The van der Waals surface area contributed by atoms with Gasteiger partial charge in [0.15, 0.2) is 0 Å². The molecule has 0 bridgehead atoms. The van der Waals surface area contributed by atoms with Crippen molar-refractivity contribution in [3.63, 3.8) is 0 Å². The molecule has 0 radical (unpaired) electrons. The number of fused-ring (bicyclic) bond motifs is 1. The van der Waals surface area contributed by atoms with Crippen LogP contribution in [-0.2, 0) is 11.2 Å². The normalized spacial score (nSPS) is 13.0. The van der Waals surface area contributed by atoms with Gasteiger partial charge in [-0.15, -0.1) is 11.3 Å². The smallest absolute Gasteiger partial charge is 0.329 e. The highest BCUT2D eigenvalue weighted by molar-refractivity contribution is 7.99. The van der Waals surface area contributed by atoms with E-state index in [2.05, 4.69) is 15.4 Å². The Morgan fingerprint density at radius 3 is 2.65 bits per heavy atom. The number of thiophene rings is 1. The van der Waals surface area contributed by atoms with E-state index in [-0.39, 0.29) is 17.8 Å². The van der Waals surface area contributed by atoms with Gasteiger partial charge in [0.2, 0.25) is 5.91 Å². The van der Waals surface area contributed by atoms with Crippen LogP contribution in [0.1, 0.15) is 29.3 Å². The minimum Gasteiger partial charge on any atom is -0.385 e. The van der Waals surface area contributed by atoms with Gasteiger partial charge in [-0.3, -0.25) is 14.3 Å². The van der Waals surface area contributed by atoms with E-state index in [1.165, 1.54) is 23.5 Å². The molecule has 0 saturated carbocycles. The maximum atomic E-state index is 14.9. The molecule has 4 rings (SSSR count). The van der Waals surface area contributed by atoms with E-state index in [4.69, 9.17) is 11.6 Å². The maximum Gasteiger partial charge on any atom is 0.329 e. The molecule has 0 fully saturated rings. The molecule has 2 heterocycles. The summed E-state index contributed by atoms with van der Waals surface area (Å²) < 4.78 is 18.9. The summed E-state index contributed by atoms with van der Waals surface area (Å²) >= 11 is 8.24. The number of carbonyl (C=O) groups is 3. The molecule has 0 spiro atoms. The van der Waals surface area contributed by atoms with E-state index in [1.807, 2.05) is 6.92 Å². The topological polar surface area (TPSA) is 90.5 Å². The fourth-order valence-electron chi connectivity index (χ4n) is 3.42. The third-order valence-electron chi connectivity index (χ3n) is 4.95. The number of urea groups is 1. The van der Waals surface area contributed by atoms with Crippen LogP contribution in [0.2, 0.25) is 4.34 Å². The molecular weight excluding hydrogens is 499 g/mol. The molecule has 7 nitrogen and oxygen atoms in total. The number of imide groups is 1. The van der Waals surface area contributed by atoms with E-state index >= 15 is 0 Å². The lowest BCUT2D eigenvalue weighted by molar-refractivity contribution is -0.117. The first kappa shape index (κ1) is 24.1. The second-order valence-electron chi connectivity index (χ2n) is 7.39. The molecule has 3 aromatic rings. The number of benzene rings is 2. The number of rotatable bonds is 7. The lowest BCUT2D eigenvalue weighted by atomic mass is 9.97. The van der Waals surface area contributed by atoms with Crippen molar-refractivity contribution in [2.45, 2.75) is 24.0 Å². The van der Waals surface area contributed by atoms with Crippen LogP contribution in [-0.4, -0.2) is 24.4 Å². The first-order chi connectivity index (χ1) is 16.4. The van der Waals surface area contributed by atoms with Gasteiger partial charge in [-0.2, -0.15) is 0 Å². The molecule has 3 N–H and O–H groups in total. The van der Waals surface area contributed by atoms with Crippen molar-refractivity contribution in [2.24, 2.45) is 0 Å². The largest absolute Gasteiger partial charge is 0.385 e. The molecule has 34 heavy (non-hydrogen) atoms. The minimum absolute atomic E-state index is 0.0193. The number of hydrogen-bond acceptors (Lipinski definition) is 6. The summed E-state index contributed by atoms with van der Waals surface area (Å²) in [5.41, 5.74) is 1.80. The summed E-state index contributed by atoms with van der Waals surface area (Å²) in [6.07, 6.45) is 0.922. The second-order valence-corrected chi connectivity index (χ2v) is 10.2. The zero-order valence-electron chi connectivity index (χ0n) is 18.0. The van der Waals surface area contributed by atoms with Crippen LogP contribution in [0.15, 0.2) is 52.7 Å². The molecule has 11 heteroatoms. The molecular formula is C23H20ClFN4O3S2. The second kappa shape index (κ2) is 10.5. The van der Waals surface area contributed by atoms with Crippen LogP contribution in [0.4, 0.5) is 26.2 Å². The van der Waals surface area contributed by atoms with Crippen molar-refractivity contribution in [1.82, 2.24) is 4.72 Å². The fraction of sp³-hybridized carbons (Fsp3) is 0.174. The van der Waals surface area contributed by atoms with Gasteiger partial charge in [0.25, 0.3) is 5.91 Å². The van der Waals surface area contributed by atoms with Crippen LogP contribution >= 0.6 is 34.9 Å². The number of amides is 4. The molecule has 2 aromatic carbocycles. The van der Waals surface area contributed by atoms with Gasteiger partial charge in [0.1, 0.15) is 5.82 Å². The SMILES string of the molecule is CCCNc1ccc2c(c1)CC(=O)N(c1ccc(NC(=O)NSc3ccc(Cl)s3)cc1F)C2=O. The quantitative estimate of drug-likeness (QED) is 0.267. The van der Waals surface area contributed by atoms with E-state index in [0.717, 1.165) is 45.8 Å². The molecule has 0 saturated heterocycles. The molecule has 1 aliphatic heterocycles. The van der Waals surface area contributed by atoms with Gasteiger partial charge in [0, 0.05) is 23.5 Å². The highest BCUT2D eigenvalue weighted by atomic mass is 35.5. The number of carbonyl (C=O) groups excluding carboxylic acids is 3. The Balaban J connectivity index is 1.46. The number of nitrogens with zero attached hydrogens (tertiary/aromatic N) is 1. The third kappa shape index (κ3) is 5.35. The Bertz CT molecular complexity index is 1270. The third-order valence-corrected chi connectivity index (χ3v) is 7.10. The van der Waals surface area contributed by atoms with Gasteiger partial charge in [0.05, 0.1) is 20.7 Å². The number of nitrogens with one attached hydrogen (secondary N) is 3. The predicted molar refractivity (Wildman–Crippen MR) is 134 cm³/mol. The minimum atomic E-state index is -0.804. The van der Waals surface area contributed by atoms with E-state index in [9.17, 15) is 18.8 Å². The zero-order chi connectivity index (χ0) is 24.2. The van der Waals surface area contributed by atoms with Gasteiger partial charge in [-0.1, -0.05) is 18.5 Å². The summed E-state index contributed by atoms with van der Waals surface area (Å²) in [6, 6.07) is 11.9. The summed E-state index contributed by atoms with van der Waals surface area (Å²) in [5.74, 6) is -1.91. The van der Waals surface area contributed by atoms with Gasteiger partial charge in [-0.05, 0) is 72.5 Å². The zero-order valence-corrected chi connectivity index (χ0v) is 20.4. The Hall–Kier alpha value is -3.08. The van der Waals surface area contributed by atoms with Crippen LogP contribution < -0.4 is 20.3 Å². The van der Waals surface area contributed by atoms with Crippen molar-refractivity contribution in [1.29, 1.82) is 0 Å². The molecule has 176 valence electrons. The fourth-order valence-corrected chi connectivity index (χ4v) is 5.27. The summed E-state index contributed by atoms with van der Waals surface area (Å²) in [7, 11) is 0. The lowest BCUT2D eigenvalue weighted by Gasteiger charge is -2.27. The molecule has 4 amide bonds. The van der Waals surface area contributed by atoms with E-state index in [0.29, 0.717) is 15.5 Å². The molecule has 1 aromatic heterocycles. The standard InChI is InChI=1S/C23H20ClFN4O3S2/c1-2-9-26-14-3-5-16-13(10-14)11-20(30)29(22(16)31)18-6-4-15(12-17(18)25)27-23(32)28-34-21-8-7-19(24)33-21/h3-8,10,12,26H,2,9,11H2,1H3,(H2,27,28,32). The van der Waals surface area contributed by atoms with Gasteiger partial charge >= 0.3 is 6.03 Å². The van der Waals surface area contributed by atoms with Crippen LogP contribution in [0, 0.1) is 5.82 Å². The van der Waals surface area contributed by atoms with Crippen LogP contribution in [0.25, 0.3) is 0 Å². The first-order valence-electron chi connectivity index (χ1n) is 10.4. The van der Waals surface area contributed by atoms with Crippen LogP contribution in [0.5, 0.6) is 0 Å². The number of halogens is 2. The Morgan fingerprint density at radius 2 is 1.94 bits per heavy atom. The summed E-state index contributed by atoms with van der Waals surface area (Å²) in [5, 5.41) is 5.74. The van der Waals surface area contributed by atoms with Crippen molar-refractivity contribution in [3.05, 3.63) is 69.8 Å². The van der Waals surface area contributed by atoms with Gasteiger partial charge < -0.3 is 10.6 Å². The van der Waals surface area contributed by atoms with Crippen molar-refractivity contribution >= 4 is 69.8 Å². The average Bonchev–Trinajstić information content (AvgIpc) is 3.22. The first-order valence-corrected chi connectivity index (χ1v) is 12.4. The average molecular weight is 519 g/mol. The van der Waals surface area contributed by atoms with E-state index < -0.39 is 23.7 Å².